The lowest BCUT2D eigenvalue weighted by atomic mass is 10.1. The van der Waals surface area contributed by atoms with Crippen LogP contribution >= 0.6 is 24.4 Å². The van der Waals surface area contributed by atoms with Gasteiger partial charge in [-0.1, -0.05) is 43.2 Å². The molecule has 3 heterocycles. The fourth-order valence-corrected chi connectivity index (χ4v) is 4.28. The van der Waals surface area contributed by atoms with Crippen molar-refractivity contribution in [3.8, 4) is 0 Å². The number of amides is 3. The van der Waals surface area contributed by atoms with Gasteiger partial charge in [0.25, 0.3) is 16.3 Å². The first-order valence-corrected chi connectivity index (χ1v) is 13.6. The second-order valence-corrected chi connectivity index (χ2v) is 9.64. The van der Waals surface area contributed by atoms with E-state index in [1.54, 1.807) is 19.3 Å². The van der Waals surface area contributed by atoms with Crippen LogP contribution in [0.4, 0.5) is 0 Å². The predicted molar refractivity (Wildman–Crippen MR) is 157 cm³/mol. The van der Waals surface area contributed by atoms with Crippen molar-refractivity contribution in [3.63, 3.8) is 0 Å². The standard InChI is InChI=1S/C16H21N2O3S.C13H11NO3S/c1-3-4-8-17-9-6-5-7-13(17)12-14-15(19)18(10-11-20-2)16(22)21-14;1-8-3-5-10(6-4-8)7-11-12(16)14(9(2)15)13(18)17-11/h5-7,9,12H,3-4,8,10-11H2,1-2H3;3-7H,1-2H3/q+1;/b14-12+;11-7+. The Morgan fingerprint density at radius 3 is 2.30 bits per heavy atom. The molecular weight excluding hydrogens is 550 g/mol. The zero-order chi connectivity index (χ0) is 29.2. The summed E-state index contributed by atoms with van der Waals surface area (Å²) in [6.07, 6.45) is 7.51. The molecular formula is C29H32N3O6S2+. The minimum absolute atomic E-state index is 0.0686. The van der Waals surface area contributed by atoms with Crippen LogP contribution in [0.2, 0.25) is 0 Å². The minimum atomic E-state index is -0.520. The van der Waals surface area contributed by atoms with E-state index >= 15 is 0 Å². The molecule has 2 saturated heterocycles. The summed E-state index contributed by atoms with van der Waals surface area (Å²) in [6.45, 7) is 7.11. The number of pyridine rings is 1. The van der Waals surface area contributed by atoms with Crippen molar-refractivity contribution in [2.45, 2.75) is 40.2 Å². The average Bonchev–Trinajstić information content (AvgIpc) is 3.36. The van der Waals surface area contributed by atoms with Gasteiger partial charge < -0.3 is 14.2 Å². The van der Waals surface area contributed by atoms with E-state index in [-0.39, 0.29) is 27.8 Å². The molecule has 2 aromatic rings. The quantitative estimate of drug-likeness (QED) is 0.263. The number of methoxy groups -OCH3 is 1. The highest BCUT2D eigenvalue weighted by Crippen LogP contribution is 2.21. The summed E-state index contributed by atoms with van der Waals surface area (Å²) in [7, 11) is 1.59. The van der Waals surface area contributed by atoms with Gasteiger partial charge in [0.15, 0.2) is 12.0 Å². The number of unbranched alkanes of at least 4 members (excludes halogenated alkanes) is 1. The number of hydrogen-bond donors (Lipinski definition) is 0. The first-order valence-electron chi connectivity index (χ1n) is 12.7. The van der Waals surface area contributed by atoms with Crippen LogP contribution in [0, 0.1) is 6.92 Å². The Kier molecular flexibility index (Phi) is 11.2. The highest BCUT2D eigenvalue weighted by Gasteiger charge is 2.36. The van der Waals surface area contributed by atoms with Crippen LogP contribution in [-0.2, 0) is 35.1 Å². The van der Waals surface area contributed by atoms with Gasteiger partial charge in [-0.15, -0.1) is 0 Å². The van der Waals surface area contributed by atoms with E-state index in [9.17, 15) is 14.4 Å². The Balaban J connectivity index is 0.000000225. The smallest absolute Gasteiger partial charge is 0.303 e. The highest BCUT2D eigenvalue weighted by molar-refractivity contribution is 7.80. The number of ether oxygens (including phenoxy) is 3. The summed E-state index contributed by atoms with van der Waals surface area (Å²) in [4.78, 5) is 37.7. The third kappa shape index (κ3) is 7.87. The van der Waals surface area contributed by atoms with Gasteiger partial charge in [0, 0.05) is 32.6 Å². The fraction of sp³-hybridized carbons (Fsp3) is 0.310. The molecule has 2 aliphatic heterocycles. The number of aryl methyl sites for hydroxylation is 2. The third-order valence-corrected chi connectivity index (χ3v) is 6.45. The zero-order valence-corrected chi connectivity index (χ0v) is 24.5. The number of benzene rings is 1. The predicted octanol–water partition coefficient (Wildman–Crippen LogP) is 3.93. The van der Waals surface area contributed by atoms with Crippen molar-refractivity contribution in [3.05, 3.63) is 77.0 Å². The van der Waals surface area contributed by atoms with Gasteiger partial charge >= 0.3 is 5.91 Å². The molecule has 9 nitrogen and oxygen atoms in total. The first-order chi connectivity index (χ1) is 19.2. The van der Waals surface area contributed by atoms with E-state index < -0.39 is 11.8 Å². The molecule has 0 spiro atoms. The van der Waals surface area contributed by atoms with Crippen LogP contribution in [0.25, 0.3) is 12.2 Å². The van der Waals surface area contributed by atoms with E-state index in [4.69, 9.17) is 38.6 Å². The molecule has 0 bridgehead atoms. The van der Waals surface area contributed by atoms with Crippen LogP contribution in [0.3, 0.4) is 0 Å². The number of carbonyl (C=O) groups is 3. The van der Waals surface area contributed by atoms with Gasteiger partial charge in [0.05, 0.1) is 19.2 Å². The number of hydrogen-bond acceptors (Lipinski definition) is 8. The van der Waals surface area contributed by atoms with Gasteiger partial charge in [0.1, 0.15) is 6.54 Å². The molecule has 0 saturated carbocycles. The molecule has 1 aromatic carbocycles. The lowest BCUT2D eigenvalue weighted by Gasteiger charge is -2.10. The highest BCUT2D eigenvalue weighted by atomic mass is 32.1. The van der Waals surface area contributed by atoms with E-state index in [1.807, 2.05) is 55.6 Å². The number of imide groups is 1. The summed E-state index contributed by atoms with van der Waals surface area (Å²) in [5.74, 6) is -0.852. The number of carbonyl (C=O) groups excluding carboxylic acids is 3. The second-order valence-electron chi connectivity index (χ2n) is 8.95. The molecule has 4 rings (SSSR count). The average molecular weight is 583 g/mol. The Bertz CT molecular complexity index is 1350. The van der Waals surface area contributed by atoms with E-state index in [2.05, 4.69) is 11.5 Å². The lowest BCUT2D eigenvalue weighted by Crippen LogP contribution is -2.36. The second kappa shape index (κ2) is 14.5. The van der Waals surface area contributed by atoms with Crippen LogP contribution in [0.1, 0.15) is 43.5 Å². The third-order valence-electron chi connectivity index (χ3n) is 5.88. The van der Waals surface area contributed by atoms with E-state index in [1.165, 1.54) is 11.8 Å². The topological polar surface area (TPSA) is 89.3 Å². The summed E-state index contributed by atoms with van der Waals surface area (Å²) < 4.78 is 17.7. The Morgan fingerprint density at radius 1 is 1.00 bits per heavy atom. The van der Waals surface area contributed by atoms with Crippen LogP contribution in [-0.4, -0.2) is 58.1 Å². The largest absolute Gasteiger partial charge is 0.425 e. The van der Waals surface area contributed by atoms with E-state index in [0.29, 0.717) is 13.2 Å². The maximum Gasteiger partial charge on any atom is 0.303 e. The van der Waals surface area contributed by atoms with Crippen molar-refractivity contribution in [1.82, 2.24) is 9.80 Å². The zero-order valence-electron chi connectivity index (χ0n) is 22.9. The molecule has 0 atom stereocenters. The Morgan fingerprint density at radius 2 is 1.68 bits per heavy atom. The molecule has 11 heteroatoms. The minimum Gasteiger partial charge on any atom is -0.425 e. The van der Waals surface area contributed by atoms with Gasteiger partial charge in [-0.2, -0.15) is 4.57 Å². The lowest BCUT2D eigenvalue weighted by molar-refractivity contribution is -0.699. The summed E-state index contributed by atoms with van der Waals surface area (Å²) in [5.41, 5.74) is 2.87. The summed E-state index contributed by atoms with van der Waals surface area (Å²) >= 11 is 9.94. The van der Waals surface area contributed by atoms with Crippen LogP contribution in [0.5, 0.6) is 0 Å². The SMILES string of the molecule is CC(=O)N1C(=O)/C(=C\c2ccc(C)cc2)OC1=S.CCCC[n+]1ccccc1/C=C1/OC(=S)N(CCOC)C1=O. The van der Waals surface area contributed by atoms with Crippen molar-refractivity contribution < 1.29 is 33.2 Å². The molecule has 0 N–H and O–H groups in total. The first kappa shape index (κ1) is 30.7. The number of rotatable bonds is 8. The number of nitrogens with zero attached hydrogens (tertiary/aromatic N) is 3. The summed E-state index contributed by atoms with van der Waals surface area (Å²) in [5, 5.41) is 0.0650. The molecule has 0 unspecified atom stereocenters. The Labute approximate surface area is 244 Å². The van der Waals surface area contributed by atoms with Gasteiger partial charge in [-0.3, -0.25) is 19.3 Å². The van der Waals surface area contributed by atoms with Gasteiger partial charge in [-0.25, -0.2) is 4.90 Å². The van der Waals surface area contributed by atoms with Crippen molar-refractivity contribution in [2.75, 3.05) is 20.3 Å². The molecule has 0 radical (unpaired) electrons. The van der Waals surface area contributed by atoms with Gasteiger partial charge in [-0.05, 0) is 49.1 Å². The van der Waals surface area contributed by atoms with Crippen LogP contribution in [0.15, 0.2) is 60.2 Å². The van der Waals surface area contributed by atoms with Crippen molar-refractivity contribution in [1.29, 1.82) is 0 Å². The number of aromatic nitrogens is 1. The molecule has 0 aliphatic carbocycles. The molecule has 2 fully saturated rings. The fourth-order valence-electron chi connectivity index (χ4n) is 3.72. The van der Waals surface area contributed by atoms with Crippen LogP contribution < -0.4 is 4.57 Å². The van der Waals surface area contributed by atoms with Gasteiger partial charge in [0.2, 0.25) is 17.4 Å². The Hall–Kier alpha value is -3.80. The maximum absolute atomic E-state index is 12.3. The number of thiocarbonyl (C=S) groups is 2. The molecule has 2 aliphatic rings. The molecule has 1 aromatic heterocycles. The monoisotopic (exact) mass is 582 g/mol. The summed E-state index contributed by atoms with van der Waals surface area (Å²) in [6, 6.07) is 13.4. The molecule has 210 valence electrons. The molecule has 40 heavy (non-hydrogen) atoms. The van der Waals surface area contributed by atoms with Crippen molar-refractivity contribution >= 4 is 64.7 Å². The maximum atomic E-state index is 12.3. The normalized spacial score (nSPS) is 16.8. The molecule has 3 amide bonds. The van der Waals surface area contributed by atoms with E-state index in [0.717, 1.165) is 41.1 Å². The van der Waals surface area contributed by atoms with Crippen molar-refractivity contribution in [2.24, 2.45) is 0 Å².